The Hall–Kier alpha value is -2.40. The van der Waals surface area contributed by atoms with Crippen molar-refractivity contribution in [1.29, 1.82) is 0 Å². The largest absolute Gasteiger partial charge is 0.506 e. The summed E-state index contributed by atoms with van der Waals surface area (Å²) in [5.41, 5.74) is 17.2. The van der Waals surface area contributed by atoms with E-state index in [9.17, 15) is 24.7 Å². The van der Waals surface area contributed by atoms with Gasteiger partial charge >= 0.3 is 0 Å². The molecule has 3 atom stereocenters. The molecule has 166 valence electrons. The van der Waals surface area contributed by atoms with Crippen LogP contribution in [0.5, 0.6) is 5.75 Å². The topological polar surface area (TPSA) is 176 Å². The molecule has 1 aromatic rings. The molecule has 1 saturated heterocycles. The Labute approximate surface area is 179 Å². The molecule has 1 aliphatic heterocycles. The maximum atomic E-state index is 12.8. The van der Waals surface area contributed by atoms with Gasteiger partial charge in [-0.2, -0.15) is 0 Å². The van der Waals surface area contributed by atoms with Crippen LogP contribution in [0.2, 0.25) is 5.02 Å². The van der Waals surface area contributed by atoms with Gasteiger partial charge in [0.2, 0.25) is 11.8 Å². The normalized spacial score (nSPS) is 19.5. The molecule has 0 bridgehead atoms. The molecular formula is C19H28ClN5O5. The average molecular weight is 442 g/mol. The molecule has 0 spiro atoms. The molecule has 3 amide bonds. The first-order valence-electron chi connectivity index (χ1n) is 9.69. The number of carbonyl (C=O) groups is 3. The number of benzene rings is 1. The number of amides is 3. The molecule has 0 unspecified atom stereocenters. The minimum atomic E-state index is -0.967. The number of likely N-dealkylation sites (tertiary alicyclic amines) is 1. The number of phenolic OH excluding ortho intramolecular Hbond substituents is 1. The monoisotopic (exact) mass is 441 g/mol. The fourth-order valence-electron chi connectivity index (χ4n) is 3.45. The summed E-state index contributed by atoms with van der Waals surface area (Å²) in [6.07, 6.45) is 1.64. The minimum Gasteiger partial charge on any atom is -0.506 e. The van der Waals surface area contributed by atoms with Crippen LogP contribution >= 0.6 is 11.6 Å². The van der Waals surface area contributed by atoms with Gasteiger partial charge in [0, 0.05) is 13.0 Å². The highest BCUT2D eigenvalue weighted by molar-refractivity contribution is 6.32. The summed E-state index contributed by atoms with van der Waals surface area (Å²) in [6.45, 7) is 0.423. The third kappa shape index (κ3) is 5.82. The number of halogens is 1. The van der Waals surface area contributed by atoms with Gasteiger partial charge < -0.3 is 27.2 Å². The van der Waals surface area contributed by atoms with Crippen LogP contribution < -0.4 is 17.2 Å². The fraction of sp³-hybridized carbons (Fsp3) is 0.526. The molecule has 11 heteroatoms. The van der Waals surface area contributed by atoms with E-state index in [4.69, 9.17) is 28.8 Å². The van der Waals surface area contributed by atoms with Gasteiger partial charge in [0.15, 0.2) is 0 Å². The molecule has 0 saturated carbocycles. The Kier molecular flexibility index (Phi) is 8.42. The fourth-order valence-corrected chi connectivity index (χ4v) is 3.66. The lowest BCUT2D eigenvalue weighted by Gasteiger charge is -2.25. The highest BCUT2D eigenvalue weighted by Crippen LogP contribution is 2.26. The van der Waals surface area contributed by atoms with E-state index in [0.29, 0.717) is 36.4 Å². The zero-order chi connectivity index (χ0) is 22.4. The SMILES string of the molecule is NCCCC[C@H](N)C(=O)N(O)[C@@H]1C[C@@H](C(N)=O)N(C(=O)Cc2ccc(O)c(Cl)c2)C1. The van der Waals surface area contributed by atoms with E-state index in [0.717, 1.165) is 0 Å². The second-order valence-electron chi connectivity index (χ2n) is 7.39. The molecular weight excluding hydrogens is 414 g/mol. The Morgan fingerprint density at radius 1 is 1.30 bits per heavy atom. The van der Waals surface area contributed by atoms with E-state index in [1.807, 2.05) is 0 Å². The number of nitrogens with zero attached hydrogens (tertiary/aromatic N) is 2. The quantitative estimate of drug-likeness (QED) is 0.198. The van der Waals surface area contributed by atoms with E-state index in [1.54, 1.807) is 0 Å². The number of aromatic hydroxyl groups is 1. The van der Waals surface area contributed by atoms with Crippen molar-refractivity contribution >= 4 is 29.3 Å². The summed E-state index contributed by atoms with van der Waals surface area (Å²) in [7, 11) is 0. The zero-order valence-electron chi connectivity index (χ0n) is 16.5. The van der Waals surface area contributed by atoms with Crippen LogP contribution in [-0.2, 0) is 20.8 Å². The van der Waals surface area contributed by atoms with Gasteiger partial charge in [0.1, 0.15) is 11.8 Å². The van der Waals surface area contributed by atoms with Crippen molar-refractivity contribution in [3.63, 3.8) is 0 Å². The lowest BCUT2D eigenvalue weighted by atomic mass is 10.1. The molecule has 10 nitrogen and oxygen atoms in total. The number of hydrogen-bond acceptors (Lipinski definition) is 7. The number of phenols is 1. The highest BCUT2D eigenvalue weighted by Gasteiger charge is 2.42. The molecule has 1 aliphatic rings. The first-order valence-corrected chi connectivity index (χ1v) is 10.1. The predicted molar refractivity (Wildman–Crippen MR) is 109 cm³/mol. The van der Waals surface area contributed by atoms with Gasteiger partial charge in [-0.15, -0.1) is 0 Å². The van der Waals surface area contributed by atoms with E-state index >= 15 is 0 Å². The summed E-state index contributed by atoms with van der Waals surface area (Å²) in [5.74, 6) is -1.94. The number of nitrogens with two attached hydrogens (primary N) is 3. The first kappa shape index (κ1) is 23.9. The van der Waals surface area contributed by atoms with Crippen LogP contribution in [-0.4, -0.2) is 69.2 Å². The molecule has 1 fully saturated rings. The summed E-state index contributed by atoms with van der Waals surface area (Å²) < 4.78 is 0. The van der Waals surface area contributed by atoms with Gasteiger partial charge in [-0.3, -0.25) is 19.6 Å². The van der Waals surface area contributed by atoms with Gasteiger partial charge in [-0.1, -0.05) is 24.1 Å². The Balaban J connectivity index is 2.06. The maximum Gasteiger partial charge on any atom is 0.263 e. The Morgan fingerprint density at radius 3 is 2.60 bits per heavy atom. The molecule has 30 heavy (non-hydrogen) atoms. The summed E-state index contributed by atoms with van der Waals surface area (Å²) in [4.78, 5) is 38.3. The van der Waals surface area contributed by atoms with Crippen molar-refractivity contribution in [1.82, 2.24) is 9.96 Å². The predicted octanol–water partition coefficient (Wildman–Crippen LogP) is -0.283. The molecule has 1 heterocycles. The standard InChI is InChI=1S/C19H28ClN5O5/c20-13-7-11(4-5-16(13)26)8-17(27)24-10-12(9-15(24)18(23)28)25(30)19(29)14(22)3-1-2-6-21/h4-5,7,12,14-15,26,30H,1-3,6,8-10,21-22H2,(H2,23,28)/t12-,14+,15+/m1/s1. The highest BCUT2D eigenvalue weighted by atomic mass is 35.5. The van der Waals surface area contributed by atoms with E-state index in [2.05, 4.69) is 0 Å². The van der Waals surface area contributed by atoms with Crippen LogP contribution in [0.15, 0.2) is 18.2 Å². The van der Waals surface area contributed by atoms with Crippen molar-refractivity contribution in [3.05, 3.63) is 28.8 Å². The second-order valence-corrected chi connectivity index (χ2v) is 7.80. The van der Waals surface area contributed by atoms with E-state index in [-0.39, 0.29) is 30.2 Å². The average Bonchev–Trinajstić information content (AvgIpc) is 3.15. The molecule has 8 N–H and O–H groups in total. The van der Waals surface area contributed by atoms with Crippen LogP contribution in [0, 0.1) is 0 Å². The van der Waals surface area contributed by atoms with E-state index in [1.165, 1.54) is 23.1 Å². The molecule has 0 aromatic heterocycles. The molecule has 1 aromatic carbocycles. The van der Waals surface area contributed by atoms with Crippen molar-refractivity contribution in [2.45, 2.75) is 50.2 Å². The summed E-state index contributed by atoms with van der Waals surface area (Å²) >= 11 is 5.87. The van der Waals surface area contributed by atoms with Crippen LogP contribution in [0.3, 0.4) is 0 Å². The van der Waals surface area contributed by atoms with Gasteiger partial charge in [0.25, 0.3) is 5.91 Å². The van der Waals surface area contributed by atoms with Crippen LogP contribution in [0.25, 0.3) is 0 Å². The third-order valence-electron chi connectivity index (χ3n) is 5.15. The number of rotatable bonds is 9. The minimum absolute atomic E-state index is 0.00909. The first-order chi connectivity index (χ1) is 14.1. The van der Waals surface area contributed by atoms with Crippen molar-refractivity contribution in [3.8, 4) is 5.75 Å². The Bertz CT molecular complexity index is 793. The van der Waals surface area contributed by atoms with Gasteiger partial charge in [-0.05, 0) is 37.1 Å². The number of hydroxylamine groups is 2. The van der Waals surface area contributed by atoms with Crippen molar-refractivity contribution in [2.75, 3.05) is 13.1 Å². The molecule has 2 rings (SSSR count). The molecule has 0 aliphatic carbocycles. The van der Waals surface area contributed by atoms with Gasteiger partial charge in [-0.25, -0.2) is 5.06 Å². The zero-order valence-corrected chi connectivity index (χ0v) is 17.3. The maximum absolute atomic E-state index is 12.8. The van der Waals surface area contributed by atoms with Crippen molar-refractivity contribution < 1.29 is 24.7 Å². The van der Waals surface area contributed by atoms with Crippen molar-refractivity contribution in [2.24, 2.45) is 17.2 Å². The summed E-state index contributed by atoms with van der Waals surface area (Å²) in [6, 6.07) is 1.67. The van der Waals surface area contributed by atoms with E-state index < -0.39 is 35.8 Å². The lowest BCUT2D eigenvalue weighted by molar-refractivity contribution is -0.176. The van der Waals surface area contributed by atoms with Gasteiger partial charge in [0.05, 0.1) is 23.5 Å². The number of primary amides is 1. The smallest absolute Gasteiger partial charge is 0.263 e. The van der Waals surface area contributed by atoms with Crippen LogP contribution in [0.4, 0.5) is 0 Å². The number of hydrogen-bond donors (Lipinski definition) is 5. The number of unbranched alkanes of at least 4 members (excludes halogenated alkanes) is 1. The second kappa shape index (κ2) is 10.6. The Morgan fingerprint density at radius 2 is 2.00 bits per heavy atom. The summed E-state index contributed by atoms with van der Waals surface area (Å²) in [5, 5.41) is 20.4. The third-order valence-corrected chi connectivity index (χ3v) is 5.46. The molecule has 0 radical (unpaired) electrons. The number of carbonyl (C=O) groups excluding carboxylic acids is 3. The van der Waals surface area contributed by atoms with Crippen LogP contribution in [0.1, 0.15) is 31.2 Å². The lowest BCUT2D eigenvalue weighted by Crippen LogP contribution is -2.48.